The number of benzene rings is 1. The number of phenolic OH excluding ortho intramolecular Hbond substituents is 1. The molecule has 0 bridgehead atoms. The number of aromatic hydroxyl groups is 1. The third kappa shape index (κ3) is 2.28. The normalized spacial score (nSPS) is 9.77. The summed E-state index contributed by atoms with van der Waals surface area (Å²) in [6.45, 7) is 2.34. The van der Waals surface area contributed by atoms with Crippen LogP contribution in [0.2, 0.25) is 0 Å². The number of ether oxygens (including phenoxy) is 2. The Morgan fingerprint density at radius 3 is 2.69 bits per heavy atom. The predicted octanol–water partition coefficient (Wildman–Crippen LogP) is 2.56. The van der Waals surface area contributed by atoms with E-state index in [0.717, 1.165) is 4.47 Å². The summed E-state index contributed by atoms with van der Waals surface area (Å²) in [5.41, 5.74) is 0. The first-order chi connectivity index (χ1) is 6.19. The molecular formula is C9H11BrO3. The van der Waals surface area contributed by atoms with Gasteiger partial charge in [0.15, 0.2) is 11.5 Å². The van der Waals surface area contributed by atoms with Crippen molar-refractivity contribution in [2.45, 2.75) is 6.92 Å². The SMILES string of the molecule is CCOc1c(O)cc(Br)cc1OC. The van der Waals surface area contributed by atoms with Crippen molar-refractivity contribution in [3.63, 3.8) is 0 Å². The van der Waals surface area contributed by atoms with Crippen LogP contribution in [0.1, 0.15) is 6.92 Å². The van der Waals surface area contributed by atoms with E-state index in [9.17, 15) is 5.11 Å². The summed E-state index contributed by atoms with van der Waals surface area (Å²) in [7, 11) is 1.53. The van der Waals surface area contributed by atoms with Crippen molar-refractivity contribution < 1.29 is 14.6 Å². The van der Waals surface area contributed by atoms with Gasteiger partial charge in [-0.05, 0) is 19.1 Å². The second kappa shape index (κ2) is 4.37. The molecule has 0 radical (unpaired) electrons. The number of rotatable bonds is 3. The highest BCUT2D eigenvalue weighted by molar-refractivity contribution is 9.10. The van der Waals surface area contributed by atoms with Crippen LogP contribution in [0.3, 0.4) is 0 Å². The molecule has 1 aromatic carbocycles. The van der Waals surface area contributed by atoms with E-state index in [4.69, 9.17) is 9.47 Å². The fourth-order valence-corrected chi connectivity index (χ4v) is 1.42. The molecule has 0 spiro atoms. The lowest BCUT2D eigenvalue weighted by atomic mass is 10.3. The fraction of sp³-hybridized carbons (Fsp3) is 0.333. The van der Waals surface area contributed by atoms with E-state index in [0.29, 0.717) is 18.1 Å². The summed E-state index contributed by atoms with van der Waals surface area (Å²) in [4.78, 5) is 0. The molecule has 72 valence electrons. The first-order valence-electron chi connectivity index (χ1n) is 3.88. The van der Waals surface area contributed by atoms with E-state index >= 15 is 0 Å². The minimum atomic E-state index is 0.0769. The van der Waals surface area contributed by atoms with Crippen molar-refractivity contribution in [3.05, 3.63) is 16.6 Å². The topological polar surface area (TPSA) is 38.7 Å². The summed E-state index contributed by atoms with van der Waals surface area (Å²) in [5, 5.41) is 9.50. The van der Waals surface area contributed by atoms with Gasteiger partial charge >= 0.3 is 0 Å². The van der Waals surface area contributed by atoms with Crippen molar-refractivity contribution in [2.75, 3.05) is 13.7 Å². The van der Waals surface area contributed by atoms with Crippen LogP contribution in [0, 0.1) is 0 Å². The van der Waals surface area contributed by atoms with Crippen LogP contribution in [0.15, 0.2) is 16.6 Å². The van der Waals surface area contributed by atoms with Gasteiger partial charge in [0.25, 0.3) is 0 Å². The number of halogens is 1. The third-order valence-electron chi connectivity index (χ3n) is 1.51. The van der Waals surface area contributed by atoms with Crippen LogP contribution < -0.4 is 9.47 Å². The quantitative estimate of drug-likeness (QED) is 0.892. The number of hydrogen-bond donors (Lipinski definition) is 1. The minimum Gasteiger partial charge on any atom is -0.504 e. The molecule has 0 heterocycles. The van der Waals surface area contributed by atoms with Crippen LogP contribution in [0.25, 0.3) is 0 Å². The Bertz CT molecular complexity index is 299. The van der Waals surface area contributed by atoms with Crippen LogP contribution in [-0.4, -0.2) is 18.8 Å². The molecule has 0 aliphatic carbocycles. The van der Waals surface area contributed by atoms with Crippen LogP contribution in [0.5, 0.6) is 17.2 Å². The van der Waals surface area contributed by atoms with Crippen LogP contribution >= 0.6 is 15.9 Å². The smallest absolute Gasteiger partial charge is 0.203 e. The Balaban J connectivity index is 3.13. The summed E-state index contributed by atoms with van der Waals surface area (Å²) in [6, 6.07) is 3.30. The van der Waals surface area contributed by atoms with Gasteiger partial charge < -0.3 is 14.6 Å². The molecule has 3 nitrogen and oxygen atoms in total. The van der Waals surface area contributed by atoms with E-state index in [-0.39, 0.29) is 5.75 Å². The molecule has 0 aliphatic heterocycles. The maximum atomic E-state index is 9.50. The molecule has 1 rings (SSSR count). The van der Waals surface area contributed by atoms with Crippen LogP contribution in [-0.2, 0) is 0 Å². The standard InChI is InChI=1S/C9H11BrO3/c1-3-13-9-7(11)4-6(10)5-8(9)12-2/h4-5,11H,3H2,1-2H3. The number of hydrogen-bond acceptors (Lipinski definition) is 3. The monoisotopic (exact) mass is 246 g/mol. The molecule has 1 aromatic rings. The zero-order chi connectivity index (χ0) is 9.84. The van der Waals surface area contributed by atoms with Gasteiger partial charge in [-0.25, -0.2) is 0 Å². The molecule has 0 aliphatic rings. The van der Waals surface area contributed by atoms with Crippen molar-refractivity contribution in [1.29, 1.82) is 0 Å². The third-order valence-corrected chi connectivity index (χ3v) is 1.97. The lowest BCUT2D eigenvalue weighted by Crippen LogP contribution is -1.95. The predicted molar refractivity (Wildman–Crippen MR) is 53.5 cm³/mol. The zero-order valence-electron chi connectivity index (χ0n) is 7.50. The van der Waals surface area contributed by atoms with Gasteiger partial charge in [0.1, 0.15) is 0 Å². The van der Waals surface area contributed by atoms with E-state index in [1.807, 2.05) is 6.92 Å². The lowest BCUT2D eigenvalue weighted by Gasteiger charge is -2.10. The summed E-state index contributed by atoms with van der Waals surface area (Å²) >= 11 is 3.24. The van der Waals surface area contributed by atoms with Gasteiger partial charge in [-0.2, -0.15) is 0 Å². The van der Waals surface area contributed by atoms with Gasteiger partial charge in [0.05, 0.1) is 13.7 Å². The molecule has 13 heavy (non-hydrogen) atoms. The Kier molecular flexibility index (Phi) is 3.42. The Hall–Kier alpha value is -0.900. The largest absolute Gasteiger partial charge is 0.504 e. The first kappa shape index (κ1) is 10.2. The Morgan fingerprint density at radius 1 is 1.46 bits per heavy atom. The molecule has 1 N–H and O–H groups in total. The van der Waals surface area contributed by atoms with Gasteiger partial charge in [-0.1, -0.05) is 15.9 Å². The molecule has 0 aromatic heterocycles. The molecule has 0 fully saturated rings. The highest BCUT2D eigenvalue weighted by atomic mass is 79.9. The lowest BCUT2D eigenvalue weighted by molar-refractivity contribution is 0.293. The molecular weight excluding hydrogens is 236 g/mol. The Labute approximate surface area is 85.4 Å². The van der Waals surface area contributed by atoms with E-state index in [1.165, 1.54) is 7.11 Å². The van der Waals surface area contributed by atoms with Crippen molar-refractivity contribution in [3.8, 4) is 17.2 Å². The zero-order valence-corrected chi connectivity index (χ0v) is 9.09. The summed E-state index contributed by atoms with van der Waals surface area (Å²) in [6.07, 6.45) is 0. The Morgan fingerprint density at radius 2 is 2.15 bits per heavy atom. The molecule has 0 atom stereocenters. The fourth-order valence-electron chi connectivity index (χ4n) is 0.996. The van der Waals surface area contributed by atoms with Crippen molar-refractivity contribution >= 4 is 15.9 Å². The van der Waals surface area contributed by atoms with Gasteiger partial charge in [0, 0.05) is 4.47 Å². The maximum absolute atomic E-state index is 9.50. The van der Waals surface area contributed by atoms with Gasteiger partial charge in [-0.15, -0.1) is 0 Å². The number of methoxy groups -OCH3 is 1. The average molecular weight is 247 g/mol. The average Bonchev–Trinajstić information content (AvgIpc) is 2.09. The van der Waals surface area contributed by atoms with E-state index in [1.54, 1.807) is 12.1 Å². The number of phenols is 1. The molecule has 0 saturated heterocycles. The molecule has 4 heteroatoms. The molecule has 0 unspecified atom stereocenters. The highest BCUT2D eigenvalue weighted by Gasteiger charge is 2.10. The summed E-state index contributed by atoms with van der Waals surface area (Å²) in [5.74, 6) is 0.981. The van der Waals surface area contributed by atoms with Gasteiger partial charge in [0.2, 0.25) is 5.75 Å². The first-order valence-corrected chi connectivity index (χ1v) is 4.67. The van der Waals surface area contributed by atoms with Crippen molar-refractivity contribution in [2.24, 2.45) is 0 Å². The molecule has 0 amide bonds. The van der Waals surface area contributed by atoms with E-state index in [2.05, 4.69) is 15.9 Å². The second-order valence-corrected chi connectivity index (χ2v) is 3.30. The molecule has 0 saturated carbocycles. The van der Waals surface area contributed by atoms with Gasteiger partial charge in [-0.3, -0.25) is 0 Å². The van der Waals surface area contributed by atoms with Crippen molar-refractivity contribution in [1.82, 2.24) is 0 Å². The highest BCUT2D eigenvalue weighted by Crippen LogP contribution is 2.39. The summed E-state index contributed by atoms with van der Waals surface area (Å²) < 4.78 is 11.0. The minimum absolute atomic E-state index is 0.0769. The second-order valence-electron chi connectivity index (χ2n) is 2.39. The van der Waals surface area contributed by atoms with Crippen LogP contribution in [0.4, 0.5) is 0 Å². The van der Waals surface area contributed by atoms with E-state index < -0.39 is 0 Å². The maximum Gasteiger partial charge on any atom is 0.203 e.